The van der Waals surface area contributed by atoms with E-state index in [1.54, 1.807) is 6.92 Å². The molecule has 5 heteroatoms. The first-order chi connectivity index (χ1) is 9.27. The van der Waals surface area contributed by atoms with E-state index in [1.165, 1.54) is 6.26 Å². The van der Waals surface area contributed by atoms with Crippen molar-refractivity contribution in [3.05, 3.63) is 29.8 Å². The molecule has 1 aromatic rings. The second-order valence-corrected chi connectivity index (χ2v) is 7.68. The van der Waals surface area contributed by atoms with Crippen LogP contribution < -0.4 is 10.1 Å². The zero-order valence-corrected chi connectivity index (χ0v) is 13.7. The van der Waals surface area contributed by atoms with Crippen molar-refractivity contribution in [1.82, 2.24) is 5.32 Å². The lowest BCUT2D eigenvalue weighted by Crippen LogP contribution is -2.35. The fourth-order valence-corrected chi connectivity index (χ4v) is 2.83. The third-order valence-corrected chi connectivity index (χ3v) is 4.81. The van der Waals surface area contributed by atoms with Crippen LogP contribution in [0.2, 0.25) is 0 Å². The van der Waals surface area contributed by atoms with E-state index in [-0.39, 0.29) is 12.1 Å². The molecule has 20 heavy (non-hydrogen) atoms. The van der Waals surface area contributed by atoms with Gasteiger partial charge in [0.15, 0.2) is 9.84 Å². The van der Waals surface area contributed by atoms with Crippen LogP contribution in [-0.2, 0) is 9.84 Å². The van der Waals surface area contributed by atoms with E-state index in [4.69, 9.17) is 4.74 Å². The van der Waals surface area contributed by atoms with E-state index in [0.29, 0.717) is 6.54 Å². The molecule has 0 spiro atoms. The molecule has 0 aromatic heterocycles. The number of nitrogens with one attached hydrogen (secondary N) is 1. The quantitative estimate of drug-likeness (QED) is 0.840. The molecule has 0 bridgehead atoms. The van der Waals surface area contributed by atoms with Gasteiger partial charge in [0.1, 0.15) is 5.75 Å². The maximum Gasteiger partial charge on any atom is 0.151 e. The van der Waals surface area contributed by atoms with Gasteiger partial charge < -0.3 is 10.1 Å². The fourth-order valence-electron chi connectivity index (χ4n) is 2.09. The fraction of sp³-hybridized carbons (Fsp3) is 0.600. The molecule has 0 heterocycles. The molecule has 4 nitrogen and oxygen atoms in total. The summed E-state index contributed by atoms with van der Waals surface area (Å²) >= 11 is 0. The zero-order valence-electron chi connectivity index (χ0n) is 12.9. The summed E-state index contributed by atoms with van der Waals surface area (Å²) in [6, 6.07) is 7.34. The third kappa shape index (κ3) is 4.49. The van der Waals surface area contributed by atoms with Crippen LogP contribution in [0.4, 0.5) is 0 Å². The molecule has 1 aromatic carbocycles. The molecule has 0 radical (unpaired) electrons. The minimum atomic E-state index is -3.14. The highest BCUT2D eigenvalue weighted by atomic mass is 32.2. The standard InChI is InChI=1S/C15H25NO3S/c1-6-16-15(12(4)20(5,17)18)13-9-7-8-10-14(13)19-11(2)3/h7-12,15-16H,6H2,1-5H3. The molecular formula is C15H25NO3S. The van der Waals surface area contributed by atoms with Crippen molar-refractivity contribution < 1.29 is 13.2 Å². The van der Waals surface area contributed by atoms with Gasteiger partial charge in [-0.25, -0.2) is 8.42 Å². The molecule has 114 valence electrons. The summed E-state index contributed by atoms with van der Waals surface area (Å²) < 4.78 is 29.5. The Balaban J connectivity index is 3.21. The lowest BCUT2D eigenvalue weighted by atomic mass is 10.0. The monoisotopic (exact) mass is 299 g/mol. The highest BCUT2D eigenvalue weighted by Gasteiger charge is 2.28. The van der Waals surface area contributed by atoms with Gasteiger partial charge in [0.05, 0.1) is 17.4 Å². The second-order valence-electron chi connectivity index (χ2n) is 5.27. The first kappa shape index (κ1) is 17.0. The Morgan fingerprint density at radius 2 is 1.80 bits per heavy atom. The lowest BCUT2D eigenvalue weighted by molar-refractivity contribution is 0.237. The van der Waals surface area contributed by atoms with Crippen LogP contribution in [0.25, 0.3) is 0 Å². The molecule has 0 aliphatic rings. The smallest absolute Gasteiger partial charge is 0.151 e. The SMILES string of the molecule is CCNC(c1ccccc1OC(C)C)C(C)S(C)(=O)=O. The zero-order chi connectivity index (χ0) is 15.3. The van der Waals surface area contributed by atoms with E-state index in [9.17, 15) is 8.42 Å². The normalized spacial score (nSPS) is 15.1. The van der Waals surface area contributed by atoms with Crippen molar-refractivity contribution in [2.75, 3.05) is 12.8 Å². The minimum absolute atomic E-state index is 0.0481. The van der Waals surface area contributed by atoms with Gasteiger partial charge in [0, 0.05) is 11.8 Å². The van der Waals surface area contributed by atoms with Crippen LogP contribution in [0.1, 0.15) is 39.3 Å². The first-order valence-electron chi connectivity index (χ1n) is 6.95. The Bertz CT molecular complexity index is 526. The molecule has 2 unspecified atom stereocenters. The highest BCUT2D eigenvalue weighted by Crippen LogP contribution is 2.30. The Morgan fingerprint density at radius 3 is 2.30 bits per heavy atom. The average Bonchev–Trinajstić information content (AvgIpc) is 2.34. The van der Waals surface area contributed by atoms with Gasteiger partial charge in [0.2, 0.25) is 0 Å². The predicted molar refractivity (Wildman–Crippen MR) is 82.9 cm³/mol. The molecular weight excluding hydrogens is 274 g/mol. The number of hydrogen-bond acceptors (Lipinski definition) is 4. The first-order valence-corrected chi connectivity index (χ1v) is 8.90. The third-order valence-electron chi connectivity index (χ3n) is 3.19. The molecule has 1 rings (SSSR count). The van der Waals surface area contributed by atoms with E-state index in [2.05, 4.69) is 5.32 Å². The van der Waals surface area contributed by atoms with Crippen molar-refractivity contribution in [3.63, 3.8) is 0 Å². The van der Waals surface area contributed by atoms with E-state index in [1.807, 2.05) is 45.0 Å². The summed E-state index contributed by atoms with van der Waals surface area (Å²) in [7, 11) is -3.14. The summed E-state index contributed by atoms with van der Waals surface area (Å²) in [5.41, 5.74) is 0.890. The summed E-state index contributed by atoms with van der Waals surface area (Å²) in [5, 5.41) is 2.75. The molecule has 0 amide bonds. The highest BCUT2D eigenvalue weighted by molar-refractivity contribution is 7.91. The number of para-hydroxylation sites is 1. The molecule has 0 saturated heterocycles. The molecule has 0 saturated carbocycles. The number of sulfone groups is 1. The molecule has 0 aliphatic heterocycles. The van der Waals surface area contributed by atoms with Crippen LogP contribution in [-0.4, -0.2) is 32.6 Å². The van der Waals surface area contributed by atoms with Crippen molar-refractivity contribution in [2.24, 2.45) is 0 Å². The Hall–Kier alpha value is -1.07. The Kier molecular flexibility index (Phi) is 6.02. The van der Waals surface area contributed by atoms with Crippen molar-refractivity contribution in [1.29, 1.82) is 0 Å². The van der Waals surface area contributed by atoms with Crippen LogP contribution in [0.15, 0.2) is 24.3 Å². The van der Waals surface area contributed by atoms with Gasteiger partial charge in [-0.2, -0.15) is 0 Å². The summed E-state index contributed by atoms with van der Waals surface area (Å²) in [6.45, 7) is 8.31. The van der Waals surface area contributed by atoms with Gasteiger partial charge in [-0.3, -0.25) is 0 Å². The minimum Gasteiger partial charge on any atom is -0.491 e. The summed E-state index contributed by atoms with van der Waals surface area (Å²) in [6.07, 6.45) is 1.32. The lowest BCUT2D eigenvalue weighted by Gasteiger charge is -2.26. The van der Waals surface area contributed by atoms with Crippen LogP contribution in [0, 0.1) is 0 Å². The average molecular weight is 299 g/mol. The van der Waals surface area contributed by atoms with Crippen molar-refractivity contribution >= 4 is 9.84 Å². The van der Waals surface area contributed by atoms with Crippen LogP contribution in [0.3, 0.4) is 0 Å². The van der Waals surface area contributed by atoms with Gasteiger partial charge in [-0.05, 0) is 33.4 Å². The van der Waals surface area contributed by atoms with Crippen molar-refractivity contribution in [3.8, 4) is 5.75 Å². The van der Waals surface area contributed by atoms with Gasteiger partial charge in [-0.1, -0.05) is 25.1 Å². The Labute approximate surface area is 122 Å². The topological polar surface area (TPSA) is 55.4 Å². The van der Waals surface area contributed by atoms with E-state index >= 15 is 0 Å². The van der Waals surface area contributed by atoms with Crippen LogP contribution >= 0.6 is 0 Å². The number of ether oxygens (including phenoxy) is 1. The van der Waals surface area contributed by atoms with Crippen LogP contribution in [0.5, 0.6) is 5.75 Å². The molecule has 0 fully saturated rings. The van der Waals surface area contributed by atoms with E-state index < -0.39 is 15.1 Å². The number of hydrogen-bond donors (Lipinski definition) is 1. The summed E-state index contributed by atoms with van der Waals surface area (Å²) in [5.74, 6) is 0.740. The van der Waals surface area contributed by atoms with Crippen molar-refractivity contribution in [2.45, 2.75) is 45.1 Å². The summed E-state index contributed by atoms with van der Waals surface area (Å²) in [4.78, 5) is 0. The van der Waals surface area contributed by atoms with E-state index in [0.717, 1.165) is 11.3 Å². The predicted octanol–water partition coefficient (Wildman–Crippen LogP) is 2.56. The largest absolute Gasteiger partial charge is 0.491 e. The van der Waals surface area contributed by atoms with Gasteiger partial charge in [0.25, 0.3) is 0 Å². The number of benzene rings is 1. The number of rotatable bonds is 7. The molecule has 0 aliphatic carbocycles. The maximum atomic E-state index is 11.9. The molecule has 2 atom stereocenters. The van der Waals surface area contributed by atoms with Gasteiger partial charge >= 0.3 is 0 Å². The van der Waals surface area contributed by atoms with Gasteiger partial charge in [-0.15, -0.1) is 0 Å². The second kappa shape index (κ2) is 7.09. The maximum absolute atomic E-state index is 11.9. The Morgan fingerprint density at radius 1 is 1.20 bits per heavy atom. The molecule has 1 N–H and O–H groups in total.